The maximum Gasteiger partial charge on any atom is 0.309 e. The first-order valence-electron chi connectivity index (χ1n) is 18.9. The zero-order valence-electron chi connectivity index (χ0n) is 28.3. The molecule has 8 aliphatic carbocycles. The summed E-state index contributed by atoms with van der Waals surface area (Å²) in [5.41, 5.74) is 0.442. The second-order valence-corrected chi connectivity index (χ2v) is 17.1. The van der Waals surface area contributed by atoms with Gasteiger partial charge in [0.15, 0.2) is 0 Å². The SMILES string of the molecule is O=C(CCOc1c2ccccc2c(OCCC(=O)OCC23CC4CC(CC(C4)C2)C3)c2ccccc12)OCC12CC3CC(CC(C3)C1)C2. The van der Waals surface area contributed by atoms with E-state index in [1.165, 1.54) is 77.0 Å². The molecule has 0 saturated heterocycles. The van der Waals surface area contributed by atoms with Crippen molar-refractivity contribution in [3.8, 4) is 11.5 Å². The van der Waals surface area contributed by atoms with Crippen LogP contribution >= 0.6 is 0 Å². The van der Waals surface area contributed by atoms with Gasteiger partial charge in [0.1, 0.15) is 11.5 Å². The maximum atomic E-state index is 12.9. The number of ether oxygens (including phenoxy) is 4. The highest BCUT2D eigenvalue weighted by Crippen LogP contribution is 2.61. The third-order valence-corrected chi connectivity index (χ3v) is 13.3. The van der Waals surface area contributed by atoms with Crippen molar-refractivity contribution >= 4 is 33.5 Å². The topological polar surface area (TPSA) is 71.1 Å². The molecule has 3 aromatic carbocycles. The van der Waals surface area contributed by atoms with Gasteiger partial charge >= 0.3 is 11.9 Å². The van der Waals surface area contributed by atoms with E-state index in [1.807, 2.05) is 48.5 Å². The van der Waals surface area contributed by atoms with E-state index in [1.54, 1.807) is 0 Å². The summed E-state index contributed by atoms with van der Waals surface area (Å²) in [5.74, 6) is 6.22. The van der Waals surface area contributed by atoms with Gasteiger partial charge in [-0.25, -0.2) is 0 Å². The van der Waals surface area contributed by atoms with E-state index in [9.17, 15) is 9.59 Å². The minimum atomic E-state index is -0.172. The van der Waals surface area contributed by atoms with Gasteiger partial charge in [-0.05, 0) is 113 Å². The third kappa shape index (κ3) is 5.85. The number of esters is 2. The minimum absolute atomic E-state index is 0.172. The van der Waals surface area contributed by atoms with Crippen LogP contribution in [0, 0.1) is 46.3 Å². The minimum Gasteiger partial charge on any atom is -0.492 e. The fraction of sp³-hybridized carbons (Fsp3) is 0.619. The molecule has 0 radical (unpaired) electrons. The van der Waals surface area contributed by atoms with E-state index in [0.717, 1.165) is 68.6 Å². The van der Waals surface area contributed by atoms with E-state index in [4.69, 9.17) is 18.9 Å². The number of carbonyl (C=O) groups is 2. The van der Waals surface area contributed by atoms with Gasteiger partial charge in [-0.2, -0.15) is 0 Å². The summed E-state index contributed by atoms with van der Waals surface area (Å²) in [6.45, 7) is 1.65. The van der Waals surface area contributed by atoms with Crippen molar-refractivity contribution in [2.75, 3.05) is 26.4 Å². The van der Waals surface area contributed by atoms with Gasteiger partial charge in [-0.15, -0.1) is 0 Å². The van der Waals surface area contributed by atoms with Crippen molar-refractivity contribution in [1.29, 1.82) is 0 Å². The largest absolute Gasteiger partial charge is 0.492 e. The number of hydrogen-bond donors (Lipinski definition) is 0. The van der Waals surface area contributed by atoms with Crippen LogP contribution < -0.4 is 9.47 Å². The Hall–Kier alpha value is -3.28. The maximum absolute atomic E-state index is 12.9. The summed E-state index contributed by atoms with van der Waals surface area (Å²) in [6.07, 6.45) is 16.2. The molecule has 8 bridgehead atoms. The molecule has 8 fully saturated rings. The number of fused-ring (bicyclic) bond motifs is 2. The van der Waals surface area contributed by atoms with Crippen LogP contribution in [0.3, 0.4) is 0 Å². The smallest absolute Gasteiger partial charge is 0.309 e. The summed E-state index contributed by atoms with van der Waals surface area (Å²) < 4.78 is 24.6. The van der Waals surface area contributed by atoms with E-state index in [0.29, 0.717) is 13.2 Å². The first kappa shape index (κ1) is 30.8. The molecule has 0 atom stereocenters. The normalized spacial score (nSPS) is 34.1. The molecule has 0 heterocycles. The Labute approximate surface area is 284 Å². The van der Waals surface area contributed by atoms with E-state index < -0.39 is 0 Å². The van der Waals surface area contributed by atoms with Crippen LogP contribution in [0.25, 0.3) is 21.5 Å². The van der Waals surface area contributed by atoms with Crippen molar-refractivity contribution in [3.05, 3.63) is 48.5 Å². The van der Waals surface area contributed by atoms with Gasteiger partial charge in [-0.3, -0.25) is 9.59 Å². The molecular formula is C42H50O6. The Morgan fingerprint density at radius 2 is 0.792 bits per heavy atom. The van der Waals surface area contributed by atoms with Crippen LogP contribution in [-0.4, -0.2) is 38.4 Å². The number of benzene rings is 3. The number of rotatable bonds is 12. The summed E-state index contributed by atoms with van der Waals surface area (Å²) >= 11 is 0. The highest BCUT2D eigenvalue weighted by Gasteiger charge is 2.52. The van der Waals surface area contributed by atoms with Crippen LogP contribution in [0.15, 0.2) is 48.5 Å². The summed E-state index contributed by atoms with van der Waals surface area (Å²) in [5, 5.41) is 3.71. The second-order valence-electron chi connectivity index (χ2n) is 17.1. The molecule has 8 saturated carbocycles. The predicted octanol–water partition coefficient (Wildman–Crippen LogP) is 9.05. The molecule has 6 heteroatoms. The highest BCUT2D eigenvalue weighted by molar-refractivity contribution is 6.11. The highest BCUT2D eigenvalue weighted by atomic mass is 16.5. The van der Waals surface area contributed by atoms with E-state index in [2.05, 4.69) is 0 Å². The molecule has 8 aliphatic rings. The Kier molecular flexibility index (Phi) is 7.85. The molecular weight excluding hydrogens is 600 g/mol. The molecule has 11 rings (SSSR count). The Balaban J connectivity index is 0.829. The van der Waals surface area contributed by atoms with Gasteiger partial charge in [-0.1, -0.05) is 48.5 Å². The molecule has 48 heavy (non-hydrogen) atoms. The van der Waals surface area contributed by atoms with Crippen LogP contribution in [0.1, 0.15) is 89.9 Å². The molecule has 0 amide bonds. The average Bonchev–Trinajstić information content (AvgIpc) is 3.06. The Morgan fingerprint density at radius 3 is 1.08 bits per heavy atom. The van der Waals surface area contributed by atoms with Crippen LogP contribution in [0.4, 0.5) is 0 Å². The molecule has 6 nitrogen and oxygen atoms in total. The van der Waals surface area contributed by atoms with Crippen molar-refractivity contribution < 1.29 is 28.5 Å². The fourth-order valence-corrected chi connectivity index (χ4v) is 12.4. The lowest BCUT2D eigenvalue weighted by atomic mass is 9.50. The van der Waals surface area contributed by atoms with Crippen LogP contribution in [0.5, 0.6) is 11.5 Å². The van der Waals surface area contributed by atoms with Crippen molar-refractivity contribution in [3.63, 3.8) is 0 Å². The van der Waals surface area contributed by atoms with Crippen molar-refractivity contribution in [1.82, 2.24) is 0 Å². The van der Waals surface area contributed by atoms with Gasteiger partial charge < -0.3 is 18.9 Å². The first-order valence-corrected chi connectivity index (χ1v) is 18.9. The van der Waals surface area contributed by atoms with Crippen molar-refractivity contribution in [2.24, 2.45) is 46.3 Å². The lowest BCUT2D eigenvalue weighted by Gasteiger charge is -2.56. The standard InChI is InChI=1S/C42H50O6/c43-37(47-25-41-19-27-13-28(20-41)15-29(14-27)21-41)9-11-45-39-33-5-1-2-6-34(33)40(36-8-4-3-7-35(36)39)46-12-10-38(44)48-26-42-22-30-16-31(23-42)18-32(17-30)24-42/h1-8,27-32H,9-26H2. The monoisotopic (exact) mass is 650 g/mol. The van der Waals surface area contributed by atoms with Crippen LogP contribution in [0.2, 0.25) is 0 Å². The predicted molar refractivity (Wildman–Crippen MR) is 185 cm³/mol. The number of hydrogen-bond acceptors (Lipinski definition) is 6. The lowest BCUT2D eigenvalue weighted by Crippen LogP contribution is -2.48. The molecule has 0 unspecified atom stereocenters. The summed E-state index contributed by atoms with van der Waals surface area (Å²) in [6, 6.07) is 16.1. The molecule has 0 aromatic heterocycles. The van der Waals surface area contributed by atoms with Gasteiger partial charge in [0.2, 0.25) is 0 Å². The fourth-order valence-electron chi connectivity index (χ4n) is 12.4. The third-order valence-electron chi connectivity index (χ3n) is 13.3. The molecule has 0 aliphatic heterocycles. The zero-order valence-corrected chi connectivity index (χ0v) is 28.3. The van der Waals surface area contributed by atoms with Crippen LogP contribution in [-0.2, 0) is 19.1 Å². The molecule has 254 valence electrons. The molecule has 0 N–H and O–H groups in total. The van der Waals surface area contributed by atoms with Gasteiger partial charge in [0.05, 0.1) is 39.3 Å². The Bertz CT molecular complexity index is 1460. The Morgan fingerprint density at radius 1 is 0.500 bits per heavy atom. The first-order chi connectivity index (χ1) is 23.4. The zero-order chi connectivity index (χ0) is 32.3. The second kappa shape index (κ2) is 12.2. The summed E-state index contributed by atoms with van der Waals surface area (Å²) in [4.78, 5) is 25.9. The number of carbonyl (C=O) groups excluding carboxylic acids is 2. The average molecular weight is 651 g/mol. The van der Waals surface area contributed by atoms with Gasteiger partial charge in [0, 0.05) is 32.4 Å². The van der Waals surface area contributed by atoms with Crippen molar-refractivity contribution in [2.45, 2.75) is 89.9 Å². The lowest BCUT2D eigenvalue weighted by molar-refractivity contribution is -0.156. The van der Waals surface area contributed by atoms with E-state index in [-0.39, 0.29) is 48.8 Å². The summed E-state index contributed by atoms with van der Waals surface area (Å²) in [7, 11) is 0. The van der Waals surface area contributed by atoms with Gasteiger partial charge in [0.25, 0.3) is 0 Å². The molecule has 3 aromatic rings. The quantitative estimate of drug-likeness (QED) is 0.144. The molecule has 0 spiro atoms. The van der Waals surface area contributed by atoms with E-state index >= 15 is 0 Å².